The molecule has 5 rings (SSSR count). The Morgan fingerprint density at radius 2 is 1.95 bits per heavy atom. The highest BCUT2D eigenvalue weighted by atomic mass is 35.5. The van der Waals surface area contributed by atoms with Crippen LogP contribution in [-0.4, -0.2) is 30.2 Å². The number of sulfonamides is 1. The first kappa shape index (κ1) is 26.5. The number of rotatable bonds is 5. The molecule has 0 radical (unpaired) electrons. The highest BCUT2D eigenvalue weighted by molar-refractivity contribution is 7.89. The van der Waals surface area contributed by atoms with Crippen molar-refractivity contribution in [3.05, 3.63) is 87.1 Å². The first-order valence-electron chi connectivity index (χ1n) is 11.2. The van der Waals surface area contributed by atoms with Gasteiger partial charge in [0.2, 0.25) is 15.9 Å². The number of carbonyl (C=O) groups excluding carboxylic acids is 1. The van der Waals surface area contributed by atoms with Gasteiger partial charge in [0.05, 0.1) is 43.3 Å². The molecule has 0 saturated heterocycles. The zero-order valence-electron chi connectivity index (χ0n) is 19.4. The largest absolute Gasteiger partial charge is 0.419 e. The van der Waals surface area contributed by atoms with Gasteiger partial charge in [0, 0.05) is 13.1 Å². The molecule has 1 amide bonds. The molecule has 2 heterocycles. The predicted molar refractivity (Wildman–Crippen MR) is 136 cm³/mol. The number of nitrogens with zero attached hydrogens (tertiary/aromatic N) is 2. The molecule has 198 valence electrons. The van der Waals surface area contributed by atoms with Crippen molar-refractivity contribution in [2.24, 2.45) is 0 Å². The van der Waals surface area contributed by atoms with E-state index in [-0.39, 0.29) is 35.1 Å². The van der Waals surface area contributed by atoms with Crippen LogP contribution in [0, 0.1) is 5.82 Å². The van der Waals surface area contributed by atoms with Gasteiger partial charge < -0.3 is 5.32 Å². The maximum Gasteiger partial charge on any atom is 0.419 e. The molecule has 1 N–H and O–H groups in total. The fourth-order valence-electron chi connectivity index (χ4n) is 4.38. The average Bonchev–Trinajstić information content (AvgIpc) is 3.34. The van der Waals surface area contributed by atoms with Gasteiger partial charge in [0.25, 0.3) is 0 Å². The fourth-order valence-corrected chi connectivity index (χ4v) is 6.84. The molecule has 38 heavy (non-hydrogen) atoms. The molecule has 13 heteroatoms. The van der Waals surface area contributed by atoms with Crippen molar-refractivity contribution in [3.63, 3.8) is 0 Å². The molecular weight excluding hydrogens is 566 g/mol. The molecule has 0 spiro atoms. The Balaban J connectivity index is 1.37. The zero-order valence-corrected chi connectivity index (χ0v) is 21.7. The SMILES string of the molecule is O=C(Cc1cccc(C(F)(F)F)c1F)Nc1c(Cl)ccc2c1CCN(S(=O)(=O)c1ccc3ncsc3c1)C2. The molecule has 0 saturated carbocycles. The van der Waals surface area contributed by atoms with Crippen LogP contribution in [0.1, 0.15) is 22.3 Å². The molecule has 1 aliphatic rings. The van der Waals surface area contributed by atoms with Crippen molar-refractivity contribution < 1.29 is 30.8 Å². The summed E-state index contributed by atoms with van der Waals surface area (Å²) >= 11 is 7.65. The van der Waals surface area contributed by atoms with Crippen molar-refractivity contribution in [1.29, 1.82) is 0 Å². The summed E-state index contributed by atoms with van der Waals surface area (Å²) in [6.45, 7) is 0.141. The molecule has 0 atom stereocenters. The lowest BCUT2D eigenvalue weighted by atomic mass is 9.98. The molecule has 4 aromatic rings. The van der Waals surface area contributed by atoms with Gasteiger partial charge in [-0.15, -0.1) is 11.3 Å². The van der Waals surface area contributed by atoms with Crippen LogP contribution in [0.2, 0.25) is 5.02 Å². The number of alkyl halides is 3. The number of carbonyl (C=O) groups is 1. The minimum absolute atomic E-state index is 0.0285. The van der Waals surface area contributed by atoms with Crippen LogP contribution in [0.3, 0.4) is 0 Å². The lowest BCUT2D eigenvalue weighted by molar-refractivity contribution is -0.140. The van der Waals surface area contributed by atoms with Crippen molar-refractivity contribution in [3.8, 4) is 0 Å². The van der Waals surface area contributed by atoms with E-state index in [4.69, 9.17) is 11.6 Å². The van der Waals surface area contributed by atoms with Crippen molar-refractivity contribution in [1.82, 2.24) is 9.29 Å². The number of hydrogen-bond acceptors (Lipinski definition) is 5. The van der Waals surface area contributed by atoms with E-state index in [1.807, 2.05) is 0 Å². The number of benzene rings is 3. The average molecular weight is 584 g/mol. The van der Waals surface area contributed by atoms with E-state index in [0.29, 0.717) is 22.7 Å². The Kier molecular flexibility index (Phi) is 6.93. The van der Waals surface area contributed by atoms with Gasteiger partial charge in [-0.25, -0.2) is 17.8 Å². The van der Waals surface area contributed by atoms with Gasteiger partial charge in [-0.05, 0) is 53.4 Å². The standard InChI is InChI=1S/C25H18ClF4N3O3S2/c26-19-6-4-15-12-33(38(35,36)16-5-7-20-21(11-16)37-13-31-20)9-8-17(15)24(19)32-22(34)10-14-2-1-3-18(23(14)27)25(28,29)30/h1-7,11,13H,8-10,12H2,(H,32,34). The Morgan fingerprint density at radius 1 is 1.16 bits per heavy atom. The molecule has 1 aliphatic heterocycles. The van der Waals surface area contributed by atoms with E-state index < -0.39 is 45.5 Å². The molecule has 6 nitrogen and oxygen atoms in total. The molecule has 0 unspecified atom stereocenters. The fraction of sp³-hybridized carbons (Fsp3) is 0.200. The van der Waals surface area contributed by atoms with Crippen LogP contribution in [0.25, 0.3) is 10.2 Å². The first-order valence-corrected chi connectivity index (χ1v) is 13.9. The van der Waals surface area contributed by atoms with Gasteiger partial charge in [0.15, 0.2) is 0 Å². The third-order valence-electron chi connectivity index (χ3n) is 6.26. The third-order valence-corrected chi connectivity index (χ3v) is 9.20. The van der Waals surface area contributed by atoms with Gasteiger partial charge in [0.1, 0.15) is 5.82 Å². The monoisotopic (exact) mass is 583 g/mol. The summed E-state index contributed by atoms with van der Waals surface area (Å²) < 4.78 is 82.2. The van der Waals surface area contributed by atoms with Gasteiger partial charge >= 0.3 is 6.18 Å². The van der Waals surface area contributed by atoms with E-state index in [9.17, 15) is 30.8 Å². The molecular formula is C25H18ClF4N3O3S2. The second kappa shape index (κ2) is 9.92. The lowest BCUT2D eigenvalue weighted by Gasteiger charge is -2.30. The summed E-state index contributed by atoms with van der Waals surface area (Å²) in [6.07, 6.45) is -5.31. The van der Waals surface area contributed by atoms with Crippen molar-refractivity contribution in [2.75, 3.05) is 11.9 Å². The maximum absolute atomic E-state index is 14.4. The molecule has 3 aromatic carbocycles. The summed E-state index contributed by atoms with van der Waals surface area (Å²) in [6, 6.07) is 10.7. The molecule has 0 aliphatic carbocycles. The van der Waals surface area contributed by atoms with Crippen LogP contribution in [0.4, 0.5) is 23.2 Å². The highest BCUT2D eigenvalue weighted by Crippen LogP contribution is 2.36. The van der Waals surface area contributed by atoms with Gasteiger partial charge in [-0.1, -0.05) is 29.8 Å². The minimum atomic E-state index is -4.89. The maximum atomic E-state index is 14.4. The van der Waals surface area contributed by atoms with Gasteiger partial charge in [-0.3, -0.25) is 4.79 Å². The van der Waals surface area contributed by atoms with Crippen LogP contribution in [0.5, 0.6) is 0 Å². The van der Waals surface area contributed by atoms with E-state index in [2.05, 4.69) is 10.3 Å². The topological polar surface area (TPSA) is 79.4 Å². The summed E-state index contributed by atoms with van der Waals surface area (Å²) in [5.41, 5.74) is 1.94. The lowest BCUT2D eigenvalue weighted by Crippen LogP contribution is -2.36. The molecule has 1 aromatic heterocycles. The normalized spacial score (nSPS) is 14.4. The minimum Gasteiger partial charge on any atom is -0.324 e. The van der Waals surface area contributed by atoms with Crippen LogP contribution >= 0.6 is 22.9 Å². The second-order valence-corrected chi connectivity index (χ2v) is 11.9. The Hall–Kier alpha value is -3.06. The summed E-state index contributed by atoms with van der Waals surface area (Å²) in [5.74, 6) is -2.26. The second-order valence-electron chi connectivity index (χ2n) is 8.63. The van der Waals surface area contributed by atoms with E-state index in [0.717, 1.165) is 16.8 Å². The zero-order chi connectivity index (χ0) is 27.2. The Morgan fingerprint density at radius 3 is 2.71 bits per heavy atom. The first-order chi connectivity index (χ1) is 17.9. The van der Waals surface area contributed by atoms with Crippen molar-refractivity contribution >= 4 is 54.8 Å². The molecule has 0 bridgehead atoms. The number of halogens is 5. The van der Waals surface area contributed by atoms with Crippen LogP contribution in [-0.2, 0) is 40.4 Å². The number of aromatic nitrogens is 1. The number of thiazole rings is 1. The number of anilines is 1. The number of hydrogen-bond donors (Lipinski definition) is 1. The Bertz CT molecular complexity index is 1670. The van der Waals surface area contributed by atoms with Crippen molar-refractivity contribution in [2.45, 2.75) is 30.5 Å². The number of fused-ring (bicyclic) bond motifs is 2. The summed E-state index contributed by atoms with van der Waals surface area (Å²) in [4.78, 5) is 17.0. The smallest absolute Gasteiger partial charge is 0.324 e. The van der Waals surface area contributed by atoms with E-state index >= 15 is 0 Å². The van der Waals surface area contributed by atoms with E-state index in [1.165, 1.54) is 27.8 Å². The Labute approximate surface area is 223 Å². The molecule has 0 fully saturated rings. The van der Waals surface area contributed by atoms with E-state index in [1.54, 1.807) is 23.7 Å². The van der Waals surface area contributed by atoms with Crippen LogP contribution < -0.4 is 5.32 Å². The quantitative estimate of drug-likeness (QED) is 0.291. The predicted octanol–water partition coefficient (Wildman–Crippen LogP) is 6.04. The third kappa shape index (κ3) is 5.00. The van der Waals surface area contributed by atoms with Gasteiger partial charge in [-0.2, -0.15) is 17.5 Å². The highest BCUT2D eigenvalue weighted by Gasteiger charge is 2.35. The van der Waals surface area contributed by atoms with Crippen LogP contribution in [0.15, 0.2) is 58.9 Å². The number of amides is 1. The summed E-state index contributed by atoms with van der Waals surface area (Å²) in [7, 11) is -3.82. The number of nitrogens with one attached hydrogen (secondary N) is 1. The summed E-state index contributed by atoms with van der Waals surface area (Å²) in [5, 5.41) is 2.76.